The lowest BCUT2D eigenvalue weighted by Crippen LogP contribution is -2.70. The largest absolute Gasteiger partial charge is 0.489 e. The predicted octanol–water partition coefficient (Wildman–Crippen LogP) is 3.79. The molecule has 6 heterocycles. The van der Waals surface area contributed by atoms with Gasteiger partial charge in [0.2, 0.25) is 0 Å². The van der Waals surface area contributed by atoms with Gasteiger partial charge in [0.25, 0.3) is 5.69 Å². The van der Waals surface area contributed by atoms with E-state index in [1.165, 1.54) is 30.5 Å². The van der Waals surface area contributed by atoms with Gasteiger partial charge < -0.3 is 19.5 Å². The van der Waals surface area contributed by atoms with Gasteiger partial charge in [0, 0.05) is 42.5 Å². The van der Waals surface area contributed by atoms with Crippen molar-refractivity contribution in [1.29, 1.82) is 5.26 Å². The molecule has 7 rings (SSSR count). The Labute approximate surface area is 240 Å². The van der Waals surface area contributed by atoms with Gasteiger partial charge in [-0.25, -0.2) is 14.3 Å². The Morgan fingerprint density at radius 1 is 1.17 bits per heavy atom. The number of carbonyl (C=O) groups excluding carboxylic acids is 1. The highest BCUT2D eigenvalue weighted by molar-refractivity contribution is 5.85. The zero-order chi connectivity index (χ0) is 29.6. The van der Waals surface area contributed by atoms with Gasteiger partial charge in [-0.05, 0) is 50.6 Å². The van der Waals surface area contributed by atoms with Crippen molar-refractivity contribution in [2.45, 2.75) is 38.0 Å². The smallest absolute Gasteiger partial charge is 0.415 e. The van der Waals surface area contributed by atoms with E-state index < -0.39 is 16.6 Å². The number of aromatic nitrogens is 3. The Morgan fingerprint density at radius 3 is 2.52 bits per heavy atom. The van der Waals surface area contributed by atoms with Gasteiger partial charge >= 0.3 is 6.09 Å². The van der Waals surface area contributed by atoms with E-state index in [9.17, 15) is 25.3 Å². The Morgan fingerprint density at radius 2 is 1.90 bits per heavy atom. The van der Waals surface area contributed by atoms with Crippen LogP contribution in [0.15, 0.2) is 61.1 Å². The fraction of sp³-hybridized carbons (Fsp3) is 0.310. The molecule has 214 valence electrons. The molecular formula is C29H27N7O6. The maximum atomic E-state index is 12.8. The minimum absolute atomic E-state index is 0.0371. The van der Waals surface area contributed by atoms with Crippen molar-refractivity contribution in [2.24, 2.45) is 0 Å². The summed E-state index contributed by atoms with van der Waals surface area (Å²) in [6, 6.07) is 13.2. The summed E-state index contributed by atoms with van der Waals surface area (Å²) in [6.45, 7) is 4.57. The van der Waals surface area contributed by atoms with Gasteiger partial charge in [0.05, 0.1) is 46.1 Å². The van der Waals surface area contributed by atoms with Crippen LogP contribution in [-0.2, 0) is 0 Å². The van der Waals surface area contributed by atoms with Crippen LogP contribution in [0, 0.1) is 21.4 Å². The number of piperazine rings is 1. The van der Waals surface area contributed by atoms with Crippen LogP contribution in [0.5, 0.6) is 11.5 Å². The number of carbonyl (C=O) groups is 1. The number of non-ortho nitro benzene ring substituents is 1. The highest BCUT2D eigenvalue weighted by Crippen LogP contribution is 2.36. The average molecular weight is 570 g/mol. The molecule has 0 spiro atoms. The van der Waals surface area contributed by atoms with E-state index in [0.29, 0.717) is 29.9 Å². The van der Waals surface area contributed by atoms with Crippen molar-refractivity contribution in [3.05, 3.63) is 76.7 Å². The molecule has 3 aromatic heterocycles. The van der Waals surface area contributed by atoms with E-state index in [1.54, 1.807) is 35.7 Å². The number of hydrogen-bond acceptors (Lipinski definition) is 10. The number of piperidine rings is 1. The Kier molecular flexibility index (Phi) is 6.62. The second-order valence-corrected chi connectivity index (χ2v) is 11.0. The number of hydrogen-bond donors (Lipinski definition) is 1. The third kappa shape index (κ3) is 5.15. The first kappa shape index (κ1) is 27.0. The van der Waals surface area contributed by atoms with E-state index >= 15 is 0 Å². The summed E-state index contributed by atoms with van der Waals surface area (Å²) in [7, 11) is 0. The maximum absolute atomic E-state index is 12.8. The van der Waals surface area contributed by atoms with E-state index in [1.807, 2.05) is 18.2 Å². The van der Waals surface area contributed by atoms with Crippen LogP contribution in [0.1, 0.15) is 25.8 Å². The number of aliphatic hydroxyl groups is 1. The molecule has 13 heteroatoms. The van der Waals surface area contributed by atoms with Crippen LogP contribution in [0.2, 0.25) is 0 Å². The lowest BCUT2D eigenvalue weighted by atomic mass is 9.88. The summed E-state index contributed by atoms with van der Waals surface area (Å²) >= 11 is 0. The molecule has 3 aliphatic rings. The lowest BCUT2D eigenvalue weighted by molar-refractivity contribution is -0.384. The molecule has 3 saturated heterocycles. The standard InChI is InChI=1S/C29H27N7O6/c1-29(2,38)17-41-24-10-25(27-19(11-30)13-32-34(27)16-24)18-3-8-26(31-12-18)33-14-21-9-22(15-33)35(21)28(37)42-23-6-4-20(5-7-23)36(39)40/h3-8,10,12-13,16,21-22,38H,9,14-15,17H2,1-2H3. The molecule has 13 nitrogen and oxygen atoms in total. The highest BCUT2D eigenvalue weighted by atomic mass is 16.6. The molecule has 1 amide bonds. The molecule has 0 aliphatic carbocycles. The number of pyridine rings is 2. The van der Waals surface area contributed by atoms with E-state index in [2.05, 4.69) is 16.1 Å². The zero-order valence-corrected chi connectivity index (χ0v) is 22.9. The molecule has 0 saturated carbocycles. The number of nitro groups is 1. The first-order chi connectivity index (χ1) is 20.1. The summed E-state index contributed by atoms with van der Waals surface area (Å²) in [6.07, 6.45) is 5.29. The maximum Gasteiger partial charge on any atom is 0.415 e. The molecule has 1 N–H and O–H groups in total. The van der Waals surface area contributed by atoms with E-state index in [0.717, 1.165) is 23.4 Å². The Hall–Kier alpha value is -5.22. The molecule has 4 aromatic rings. The van der Waals surface area contributed by atoms with Crippen molar-refractivity contribution < 1.29 is 24.3 Å². The number of ether oxygens (including phenoxy) is 2. The molecule has 2 atom stereocenters. The molecule has 42 heavy (non-hydrogen) atoms. The van der Waals surface area contributed by atoms with Crippen molar-refractivity contribution in [1.82, 2.24) is 19.5 Å². The third-order valence-corrected chi connectivity index (χ3v) is 7.34. The second-order valence-electron chi connectivity index (χ2n) is 11.0. The molecule has 0 radical (unpaired) electrons. The number of amides is 1. The lowest BCUT2D eigenvalue weighted by Gasteiger charge is -2.55. The SMILES string of the molecule is CC(C)(O)COc1cc(-c2ccc(N3CC4CC(C3)N4C(=O)Oc3ccc([N+](=O)[O-])cc3)nc2)c2c(C#N)cnn2c1. The minimum atomic E-state index is -1.02. The van der Waals surface area contributed by atoms with Gasteiger partial charge in [-0.2, -0.15) is 10.4 Å². The third-order valence-electron chi connectivity index (χ3n) is 7.34. The molecule has 1 aromatic carbocycles. The number of nitrogens with zero attached hydrogens (tertiary/aromatic N) is 7. The van der Waals surface area contributed by atoms with Gasteiger partial charge in [0.1, 0.15) is 30.0 Å². The van der Waals surface area contributed by atoms with Crippen LogP contribution in [0.3, 0.4) is 0 Å². The Bertz CT molecular complexity index is 1690. The summed E-state index contributed by atoms with van der Waals surface area (Å²) in [4.78, 5) is 31.7. The molecule has 2 bridgehead atoms. The van der Waals surface area contributed by atoms with Crippen LogP contribution in [0.4, 0.5) is 16.3 Å². The van der Waals surface area contributed by atoms with Gasteiger partial charge in [-0.1, -0.05) is 0 Å². The fourth-order valence-corrected chi connectivity index (χ4v) is 5.35. The van der Waals surface area contributed by atoms with Crippen molar-refractivity contribution in [2.75, 3.05) is 24.6 Å². The normalized spacial score (nSPS) is 17.9. The van der Waals surface area contributed by atoms with Gasteiger partial charge in [-0.3, -0.25) is 15.0 Å². The van der Waals surface area contributed by atoms with Gasteiger partial charge in [0.15, 0.2) is 0 Å². The first-order valence-electron chi connectivity index (χ1n) is 13.3. The quantitative estimate of drug-likeness (QED) is 0.256. The molecular weight excluding hydrogens is 542 g/mol. The number of benzene rings is 1. The number of nitriles is 1. The van der Waals surface area contributed by atoms with Crippen molar-refractivity contribution in [3.63, 3.8) is 0 Å². The van der Waals surface area contributed by atoms with Gasteiger partial charge in [-0.15, -0.1) is 0 Å². The van der Waals surface area contributed by atoms with Crippen LogP contribution in [-0.4, -0.2) is 73.0 Å². The molecule has 3 fully saturated rings. The summed E-state index contributed by atoms with van der Waals surface area (Å²) < 4.78 is 12.9. The van der Waals surface area contributed by atoms with Crippen molar-refractivity contribution in [3.8, 4) is 28.7 Å². The fourth-order valence-electron chi connectivity index (χ4n) is 5.35. The topological polar surface area (TPSA) is 159 Å². The van der Waals surface area contributed by atoms with Crippen LogP contribution < -0.4 is 14.4 Å². The van der Waals surface area contributed by atoms with E-state index in [4.69, 9.17) is 14.5 Å². The predicted molar refractivity (Wildman–Crippen MR) is 150 cm³/mol. The monoisotopic (exact) mass is 569 g/mol. The first-order valence-corrected chi connectivity index (χ1v) is 13.3. The average Bonchev–Trinajstić information content (AvgIpc) is 3.39. The van der Waals surface area contributed by atoms with Crippen LogP contribution in [0.25, 0.3) is 16.6 Å². The molecule has 2 unspecified atom stereocenters. The highest BCUT2D eigenvalue weighted by Gasteiger charge is 2.48. The molecule has 3 aliphatic heterocycles. The summed E-state index contributed by atoms with van der Waals surface area (Å²) in [5.41, 5.74) is 1.44. The van der Waals surface area contributed by atoms with Crippen molar-refractivity contribution >= 4 is 23.1 Å². The summed E-state index contributed by atoms with van der Waals surface area (Å²) in [5, 5.41) is 34.9. The number of rotatable bonds is 7. The van der Waals surface area contributed by atoms with Crippen LogP contribution >= 0.6 is 0 Å². The number of fused-ring (bicyclic) bond motifs is 3. The second kappa shape index (κ2) is 10.3. The number of nitro benzene ring substituents is 1. The summed E-state index contributed by atoms with van der Waals surface area (Å²) in [5.74, 6) is 1.51. The Balaban J connectivity index is 1.16. The number of anilines is 1. The van der Waals surface area contributed by atoms with E-state index in [-0.39, 0.29) is 30.1 Å². The minimum Gasteiger partial charge on any atom is -0.489 e. The zero-order valence-electron chi connectivity index (χ0n) is 22.9.